The highest BCUT2D eigenvalue weighted by Crippen LogP contribution is 2.32. The van der Waals surface area contributed by atoms with Crippen molar-refractivity contribution in [2.24, 2.45) is 5.41 Å². The second-order valence-electron chi connectivity index (χ2n) is 7.49. The van der Waals surface area contributed by atoms with Gasteiger partial charge in [-0.15, -0.1) is 0 Å². The van der Waals surface area contributed by atoms with Crippen molar-refractivity contribution in [2.45, 2.75) is 19.9 Å². The molecule has 0 saturated carbocycles. The van der Waals surface area contributed by atoms with Crippen LogP contribution in [0.25, 0.3) is 10.8 Å². The lowest BCUT2D eigenvalue weighted by Gasteiger charge is -2.25. The van der Waals surface area contributed by atoms with E-state index in [1.807, 2.05) is 24.7 Å². The molecule has 2 aromatic heterocycles. The molecule has 3 aromatic rings. The fraction of sp³-hybridized carbons (Fsp3) is 0.333. The highest BCUT2D eigenvalue weighted by Gasteiger charge is 2.33. The van der Waals surface area contributed by atoms with Crippen LogP contribution in [0.2, 0.25) is 0 Å². The van der Waals surface area contributed by atoms with Gasteiger partial charge in [-0.3, -0.25) is 9.88 Å². The predicted molar refractivity (Wildman–Crippen MR) is 110 cm³/mol. The molecule has 5 heteroatoms. The lowest BCUT2D eigenvalue weighted by molar-refractivity contribution is 0.278. The highest BCUT2D eigenvalue weighted by molar-refractivity contribution is 9.10. The van der Waals surface area contributed by atoms with Gasteiger partial charge in [-0.2, -0.15) is 0 Å². The summed E-state index contributed by atoms with van der Waals surface area (Å²) in [6.45, 7) is 6.55. The van der Waals surface area contributed by atoms with Crippen LogP contribution in [0.5, 0.6) is 0 Å². The van der Waals surface area contributed by atoms with Crippen molar-refractivity contribution in [2.75, 3.05) is 25.0 Å². The Morgan fingerprint density at radius 1 is 1.15 bits per heavy atom. The van der Waals surface area contributed by atoms with E-state index in [1.54, 1.807) is 0 Å². The topological polar surface area (TPSA) is 41.1 Å². The summed E-state index contributed by atoms with van der Waals surface area (Å²) in [5.74, 6) is 0.916. The smallest absolute Gasteiger partial charge is 0.135 e. The van der Waals surface area contributed by atoms with E-state index < -0.39 is 0 Å². The number of nitrogens with zero attached hydrogens (tertiary/aromatic N) is 3. The van der Waals surface area contributed by atoms with Crippen molar-refractivity contribution < 1.29 is 0 Å². The number of rotatable bonds is 5. The average molecular weight is 411 g/mol. The van der Waals surface area contributed by atoms with Crippen LogP contribution in [-0.2, 0) is 6.54 Å². The Morgan fingerprint density at radius 3 is 2.85 bits per heavy atom. The number of anilines is 1. The summed E-state index contributed by atoms with van der Waals surface area (Å²) in [5, 5.41) is 5.78. The highest BCUT2D eigenvalue weighted by atomic mass is 79.9. The monoisotopic (exact) mass is 410 g/mol. The van der Waals surface area contributed by atoms with Crippen LogP contribution in [0.3, 0.4) is 0 Å². The molecule has 1 aromatic carbocycles. The van der Waals surface area contributed by atoms with Crippen LogP contribution in [-0.4, -0.2) is 34.5 Å². The molecule has 4 rings (SSSR count). The molecule has 134 valence electrons. The molecule has 0 amide bonds. The van der Waals surface area contributed by atoms with Gasteiger partial charge in [0.2, 0.25) is 0 Å². The van der Waals surface area contributed by atoms with Gasteiger partial charge in [0.1, 0.15) is 5.82 Å². The number of hydrogen-bond donors (Lipinski definition) is 1. The summed E-state index contributed by atoms with van der Waals surface area (Å²) in [5.41, 5.74) is 1.63. The van der Waals surface area contributed by atoms with Crippen LogP contribution in [0.1, 0.15) is 18.9 Å². The summed E-state index contributed by atoms with van der Waals surface area (Å²) in [7, 11) is 0. The Morgan fingerprint density at radius 2 is 2.00 bits per heavy atom. The molecule has 3 heterocycles. The third-order valence-corrected chi connectivity index (χ3v) is 5.84. The fourth-order valence-electron chi connectivity index (χ4n) is 3.74. The summed E-state index contributed by atoms with van der Waals surface area (Å²) < 4.78 is 1.00. The quantitative estimate of drug-likeness (QED) is 0.660. The van der Waals surface area contributed by atoms with E-state index in [-0.39, 0.29) is 5.41 Å². The van der Waals surface area contributed by atoms with Gasteiger partial charge in [0, 0.05) is 53.5 Å². The van der Waals surface area contributed by atoms with Gasteiger partial charge in [0.05, 0.1) is 0 Å². The number of benzene rings is 1. The lowest BCUT2D eigenvalue weighted by Crippen LogP contribution is -2.31. The molecule has 0 bridgehead atoms. The summed E-state index contributed by atoms with van der Waals surface area (Å²) in [4.78, 5) is 11.4. The van der Waals surface area contributed by atoms with E-state index >= 15 is 0 Å². The molecular formula is C21H23BrN4. The van der Waals surface area contributed by atoms with E-state index in [9.17, 15) is 0 Å². The molecule has 1 unspecified atom stereocenters. The Balaban J connectivity index is 1.43. The molecule has 0 aliphatic carbocycles. The van der Waals surface area contributed by atoms with Gasteiger partial charge < -0.3 is 5.32 Å². The fourth-order valence-corrected chi connectivity index (χ4v) is 4.21. The zero-order valence-corrected chi connectivity index (χ0v) is 16.5. The van der Waals surface area contributed by atoms with E-state index in [4.69, 9.17) is 0 Å². The molecule has 4 nitrogen and oxygen atoms in total. The number of pyridine rings is 2. The maximum atomic E-state index is 4.54. The third-order valence-electron chi connectivity index (χ3n) is 5.21. The number of likely N-dealkylation sites (tertiary alicyclic amines) is 1. The van der Waals surface area contributed by atoms with Crippen LogP contribution in [0, 0.1) is 5.41 Å². The van der Waals surface area contributed by atoms with Gasteiger partial charge in [-0.25, -0.2) is 4.98 Å². The molecule has 26 heavy (non-hydrogen) atoms. The maximum Gasteiger partial charge on any atom is 0.135 e. The van der Waals surface area contributed by atoms with Crippen molar-refractivity contribution in [1.82, 2.24) is 14.9 Å². The van der Waals surface area contributed by atoms with Gasteiger partial charge in [0.15, 0.2) is 0 Å². The molecule has 1 saturated heterocycles. The van der Waals surface area contributed by atoms with E-state index in [2.05, 4.69) is 73.4 Å². The number of halogens is 1. The second kappa shape index (κ2) is 7.33. The van der Waals surface area contributed by atoms with Crippen molar-refractivity contribution in [3.63, 3.8) is 0 Å². The first kappa shape index (κ1) is 17.4. The average Bonchev–Trinajstić information content (AvgIpc) is 3.02. The van der Waals surface area contributed by atoms with Crippen molar-refractivity contribution in [3.05, 3.63) is 65.0 Å². The summed E-state index contributed by atoms with van der Waals surface area (Å²) >= 11 is 3.57. The Bertz CT molecular complexity index is 899. The van der Waals surface area contributed by atoms with Crippen LogP contribution < -0.4 is 5.32 Å². The van der Waals surface area contributed by atoms with Crippen LogP contribution in [0.4, 0.5) is 5.82 Å². The number of aromatic nitrogens is 2. The maximum absolute atomic E-state index is 4.54. The Kier molecular flexibility index (Phi) is 4.92. The number of hydrogen-bond acceptors (Lipinski definition) is 4. The minimum atomic E-state index is 0.248. The lowest BCUT2D eigenvalue weighted by atomic mass is 9.90. The van der Waals surface area contributed by atoms with Crippen LogP contribution >= 0.6 is 15.9 Å². The molecule has 0 radical (unpaired) electrons. The van der Waals surface area contributed by atoms with E-state index in [1.165, 1.54) is 12.0 Å². The zero-order chi connectivity index (χ0) is 18.0. The van der Waals surface area contributed by atoms with Crippen molar-refractivity contribution in [1.29, 1.82) is 0 Å². The largest absolute Gasteiger partial charge is 0.369 e. The third kappa shape index (κ3) is 3.74. The minimum Gasteiger partial charge on any atom is -0.369 e. The Labute approximate surface area is 162 Å². The van der Waals surface area contributed by atoms with Gasteiger partial charge in [0.25, 0.3) is 0 Å². The first-order valence-corrected chi connectivity index (χ1v) is 9.81. The molecule has 0 spiro atoms. The first-order valence-electron chi connectivity index (χ1n) is 9.01. The van der Waals surface area contributed by atoms with Crippen molar-refractivity contribution >= 4 is 32.5 Å². The second-order valence-corrected chi connectivity index (χ2v) is 8.34. The van der Waals surface area contributed by atoms with Gasteiger partial charge >= 0.3 is 0 Å². The van der Waals surface area contributed by atoms with Crippen molar-refractivity contribution in [3.8, 4) is 0 Å². The molecule has 1 atom stereocenters. The first-order chi connectivity index (χ1) is 12.6. The number of fused-ring (bicyclic) bond motifs is 1. The molecule has 1 aliphatic heterocycles. The molecule has 1 fully saturated rings. The molecule has 1 aliphatic rings. The zero-order valence-electron chi connectivity index (χ0n) is 15.0. The standard InChI is InChI=1S/C21H23BrN4/c1-21(8-10-26(15-21)13-16-5-3-2-4-6-16)14-25-20-18-11-23-12-19(22)17(18)7-9-24-20/h2-7,9,11-12H,8,10,13-15H2,1H3,(H,24,25). The minimum absolute atomic E-state index is 0.248. The van der Waals surface area contributed by atoms with E-state index in [0.29, 0.717) is 0 Å². The van der Waals surface area contributed by atoms with E-state index in [0.717, 1.165) is 47.2 Å². The van der Waals surface area contributed by atoms with Gasteiger partial charge in [-0.05, 0) is 45.9 Å². The van der Waals surface area contributed by atoms with Crippen LogP contribution in [0.15, 0.2) is 59.5 Å². The Hall–Kier alpha value is -1.98. The van der Waals surface area contributed by atoms with Gasteiger partial charge in [-0.1, -0.05) is 37.3 Å². The SMILES string of the molecule is CC1(CNc2nccc3c(Br)cncc23)CCN(Cc2ccccc2)C1. The normalized spacial score (nSPS) is 20.5. The summed E-state index contributed by atoms with van der Waals surface area (Å²) in [6, 6.07) is 12.7. The summed E-state index contributed by atoms with van der Waals surface area (Å²) in [6.07, 6.45) is 6.76. The number of nitrogens with one attached hydrogen (secondary N) is 1. The molecular weight excluding hydrogens is 388 g/mol. The molecule has 1 N–H and O–H groups in total. The predicted octanol–water partition coefficient (Wildman–Crippen LogP) is 4.72.